The summed E-state index contributed by atoms with van der Waals surface area (Å²) >= 11 is 0. The van der Waals surface area contributed by atoms with Crippen LogP contribution in [0.25, 0.3) is 0 Å². The number of amides is 1. The molecule has 0 aliphatic carbocycles. The van der Waals surface area contributed by atoms with Gasteiger partial charge in [0.1, 0.15) is 12.0 Å². The first-order valence-electron chi connectivity index (χ1n) is 6.78. The number of carbonyl (C=O) groups excluding carboxylic acids is 1. The maximum atomic E-state index is 12.6. The molecule has 0 saturated carbocycles. The van der Waals surface area contributed by atoms with Crippen molar-refractivity contribution in [1.82, 2.24) is 9.88 Å². The molecule has 0 bridgehead atoms. The number of aromatic nitrogens is 1. The molecule has 1 amide bonds. The lowest BCUT2D eigenvalue weighted by atomic mass is 10.1. The molecule has 2 aromatic rings. The minimum atomic E-state index is 0. The highest BCUT2D eigenvalue weighted by molar-refractivity contribution is 5.94. The van der Waals surface area contributed by atoms with Crippen LogP contribution in [-0.4, -0.2) is 22.3 Å². The van der Waals surface area contributed by atoms with Gasteiger partial charge < -0.3 is 15.1 Å². The van der Waals surface area contributed by atoms with Crippen molar-refractivity contribution in [3.05, 3.63) is 53.7 Å². The molecular formula is C15H18ClN3O2. The number of hydrogen-bond acceptors (Lipinski definition) is 4. The van der Waals surface area contributed by atoms with Gasteiger partial charge in [-0.3, -0.25) is 9.78 Å². The zero-order valence-electron chi connectivity index (χ0n) is 11.6. The van der Waals surface area contributed by atoms with Crippen molar-refractivity contribution in [1.29, 1.82) is 0 Å². The Hall–Kier alpha value is -1.85. The minimum absolute atomic E-state index is 0. The van der Waals surface area contributed by atoms with Gasteiger partial charge in [-0.1, -0.05) is 0 Å². The number of hydrogen-bond donors (Lipinski definition) is 1. The van der Waals surface area contributed by atoms with Gasteiger partial charge in [-0.25, -0.2) is 0 Å². The Morgan fingerprint density at radius 2 is 2.19 bits per heavy atom. The van der Waals surface area contributed by atoms with E-state index in [1.807, 2.05) is 17.0 Å². The molecule has 2 aromatic heterocycles. The van der Waals surface area contributed by atoms with E-state index in [1.54, 1.807) is 18.5 Å². The van der Waals surface area contributed by atoms with E-state index in [-0.39, 0.29) is 24.4 Å². The summed E-state index contributed by atoms with van der Waals surface area (Å²) in [6.07, 6.45) is 7.02. The maximum absolute atomic E-state index is 12.6. The van der Waals surface area contributed by atoms with Crippen LogP contribution in [0.3, 0.4) is 0 Å². The summed E-state index contributed by atoms with van der Waals surface area (Å²) in [5.41, 5.74) is 7.22. The normalized spacial score (nSPS) is 17.6. The van der Waals surface area contributed by atoms with E-state index in [1.165, 1.54) is 6.26 Å². The summed E-state index contributed by atoms with van der Waals surface area (Å²) < 4.78 is 5.25. The van der Waals surface area contributed by atoms with E-state index in [4.69, 9.17) is 10.2 Å². The van der Waals surface area contributed by atoms with Gasteiger partial charge in [-0.15, -0.1) is 12.4 Å². The summed E-state index contributed by atoms with van der Waals surface area (Å²) in [5, 5.41) is 0. The molecule has 112 valence electrons. The lowest BCUT2D eigenvalue weighted by molar-refractivity contribution is 0.0735. The fourth-order valence-electron chi connectivity index (χ4n) is 2.71. The van der Waals surface area contributed by atoms with E-state index in [9.17, 15) is 4.79 Å². The van der Waals surface area contributed by atoms with Crippen LogP contribution in [0.15, 0.2) is 41.3 Å². The molecular weight excluding hydrogens is 290 g/mol. The van der Waals surface area contributed by atoms with Gasteiger partial charge in [0.25, 0.3) is 5.91 Å². The van der Waals surface area contributed by atoms with Crippen molar-refractivity contribution in [2.24, 2.45) is 5.73 Å². The van der Waals surface area contributed by atoms with Gasteiger partial charge in [0.05, 0.1) is 18.2 Å². The number of carbonyl (C=O) groups is 1. The second kappa shape index (κ2) is 6.74. The molecule has 21 heavy (non-hydrogen) atoms. The Balaban J connectivity index is 0.00000161. The van der Waals surface area contributed by atoms with Crippen molar-refractivity contribution in [2.45, 2.75) is 25.4 Å². The highest BCUT2D eigenvalue weighted by atomic mass is 35.5. The number of likely N-dealkylation sites (tertiary alicyclic amines) is 1. The predicted octanol–water partition coefficient (Wildman–Crippen LogP) is 2.53. The van der Waals surface area contributed by atoms with Crippen molar-refractivity contribution >= 4 is 18.3 Å². The number of nitrogens with two attached hydrogens (primary N) is 1. The quantitative estimate of drug-likeness (QED) is 0.945. The molecule has 0 aromatic carbocycles. The van der Waals surface area contributed by atoms with Crippen LogP contribution in [0.5, 0.6) is 0 Å². The van der Waals surface area contributed by atoms with E-state index >= 15 is 0 Å². The molecule has 2 N–H and O–H groups in total. The zero-order chi connectivity index (χ0) is 13.9. The van der Waals surface area contributed by atoms with Gasteiger partial charge >= 0.3 is 0 Å². The summed E-state index contributed by atoms with van der Waals surface area (Å²) in [6.45, 7) is 1.08. The van der Waals surface area contributed by atoms with E-state index in [0.29, 0.717) is 17.9 Å². The van der Waals surface area contributed by atoms with Gasteiger partial charge in [0.2, 0.25) is 0 Å². The van der Waals surface area contributed by atoms with Crippen molar-refractivity contribution in [3.8, 4) is 0 Å². The minimum Gasteiger partial charge on any atom is -0.467 e. The highest BCUT2D eigenvalue weighted by Gasteiger charge is 2.31. The summed E-state index contributed by atoms with van der Waals surface area (Å²) in [6, 6.07) is 5.79. The van der Waals surface area contributed by atoms with Crippen molar-refractivity contribution < 1.29 is 9.21 Å². The van der Waals surface area contributed by atoms with Crippen LogP contribution in [0, 0.1) is 0 Å². The molecule has 3 rings (SSSR count). The lowest BCUT2D eigenvalue weighted by Gasteiger charge is -2.24. The third-order valence-corrected chi connectivity index (χ3v) is 3.71. The second-order valence-electron chi connectivity index (χ2n) is 4.94. The molecule has 0 radical (unpaired) electrons. The SMILES string of the molecule is Cl.NCc1cc(C(=O)N2CCCC2c2ccncc2)co1. The third-order valence-electron chi connectivity index (χ3n) is 3.71. The van der Waals surface area contributed by atoms with Crippen LogP contribution in [0.2, 0.25) is 0 Å². The number of rotatable bonds is 3. The molecule has 1 aliphatic heterocycles. The van der Waals surface area contributed by atoms with Crippen LogP contribution in [-0.2, 0) is 6.54 Å². The molecule has 6 heteroatoms. The van der Waals surface area contributed by atoms with Gasteiger partial charge in [-0.05, 0) is 36.6 Å². The summed E-state index contributed by atoms with van der Waals surface area (Å²) in [5.74, 6) is 0.640. The first kappa shape index (κ1) is 15.5. The van der Waals surface area contributed by atoms with Gasteiger partial charge in [-0.2, -0.15) is 0 Å². The summed E-state index contributed by atoms with van der Waals surface area (Å²) in [7, 11) is 0. The van der Waals surface area contributed by atoms with Gasteiger partial charge in [0.15, 0.2) is 0 Å². The Kier molecular flexibility index (Phi) is 4.98. The zero-order valence-corrected chi connectivity index (χ0v) is 12.4. The van der Waals surface area contributed by atoms with Crippen LogP contribution in [0.4, 0.5) is 0 Å². The standard InChI is InChI=1S/C15H17N3O2.ClH/c16-9-13-8-12(10-20-13)15(19)18-7-1-2-14(18)11-3-5-17-6-4-11;/h3-6,8,10,14H,1-2,7,9,16H2;1H. The molecule has 5 nitrogen and oxygen atoms in total. The maximum Gasteiger partial charge on any atom is 0.257 e. The number of nitrogens with zero attached hydrogens (tertiary/aromatic N) is 2. The van der Waals surface area contributed by atoms with E-state index in [2.05, 4.69) is 4.98 Å². The summed E-state index contributed by atoms with van der Waals surface area (Å²) in [4.78, 5) is 18.5. The Labute approximate surface area is 129 Å². The lowest BCUT2D eigenvalue weighted by Crippen LogP contribution is -2.30. The van der Waals surface area contributed by atoms with Gasteiger partial charge in [0, 0.05) is 18.9 Å². The van der Waals surface area contributed by atoms with Crippen LogP contribution in [0.1, 0.15) is 40.6 Å². The van der Waals surface area contributed by atoms with Crippen LogP contribution >= 0.6 is 12.4 Å². The second-order valence-corrected chi connectivity index (χ2v) is 4.94. The smallest absolute Gasteiger partial charge is 0.257 e. The fourth-order valence-corrected chi connectivity index (χ4v) is 2.71. The first-order valence-corrected chi connectivity index (χ1v) is 6.78. The average Bonchev–Trinajstić information content (AvgIpc) is 3.16. The molecule has 1 saturated heterocycles. The molecule has 1 aliphatic rings. The Morgan fingerprint density at radius 1 is 1.43 bits per heavy atom. The fraction of sp³-hybridized carbons (Fsp3) is 0.333. The van der Waals surface area contributed by atoms with Crippen molar-refractivity contribution in [2.75, 3.05) is 6.54 Å². The predicted molar refractivity (Wildman–Crippen MR) is 81.1 cm³/mol. The molecule has 1 unspecified atom stereocenters. The average molecular weight is 308 g/mol. The number of halogens is 1. The topological polar surface area (TPSA) is 72.4 Å². The van der Waals surface area contributed by atoms with Crippen LogP contribution < -0.4 is 5.73 Å². The number of furan rings is 1. The monoisotopic (exact) mass is 307 g/mol. The molecule has 1 atom stereocenters. The molecule has 3 heterocycles. The highest BCUT2D eigenvalue weighted by Crippen LogP contribution is 2.32. The largest absolute Gasteiger partial charge is 0.467 e. The Bertz CT molecular complexity index is 600. The van der Waals surface area contributed by atoms with E-state index in [0.717, 1.165) is 24.9 Å². The molecule has 0 spiro atoms. The third kappa shape index (κ3) is 3.09. The van der Waals surface area contributed by atoms with E-state index < -0.39 is 0 Å². The number of pyridine rings is 1. The molecule has 1 fully saturated rings. The Morgan fingerprint density at radius 3 is 2.86 bits per heavy atom. The first-order chi connectivity index (χ1) is 9.79. The van der Waals surface area contributed by atoms with Crippen molar-refractivity contribution in [3.63, 3.8) is 0 Å².